The summed E-state index contributed by atoms with van der Waals surface area (Å²) in [5.41, 5.74) is 2.37. The second-order valence-corrected chi connectivity index (χ2v) is 7.39. The Morgan fingerprint density at radius 1 is 1.13 bits per heavy atom. The van der Waals surface area contributed by atoms with Gasteiger partial charge in [-0.1, -0.05) is 43.3 Å². The Morgan fingerprint density at radius 2 is 1.87 bits per heavy atom. The van der Waals surface area contributed by atoms with Gasteiger partial charge in [0.2, 0.25) is 11.7 Å². The third-order valence-corrected chi connectivity index (χ3v) is 4.89. The summed E-state index contributed by atoms with van der Waals surface area (Å²) in [5, 5.41) is 4.18. The fourth-order valence-corrected chi connectivity index (χ4v) is 3.04. The maximum absolute atomic E-state index is 5.50. The lowest BCUT2D eigenvalue weighted by atomic mass is 10.0. The Hall–Kier alpha value is -1.68. The van der Waals surface area contributed by atoms with Crippen LogP contribution in [-0.4, -0.2) is 27.6 Å². The fourth-order valence-electron chi connectivity index (χ4n) is 3.04. The van der Waals surface area contributed by atoms with E-state index in [0.717, 1.165) is 30.0 Å². The molecule has 2 saturated carbocycles. The number of hydrogen-bond acceptors (Lipinski definition) is 4. The topological polar surface area (TPSA) is 42.2 Å². The Bertz CT molecular complexity index is 654. The predicted molar refractivity (Wildman–Crippen MR) is 90.0 cm³/mol. The maximum atomic E-state index is 5.50. The SMILES string of the molecule is CC(C)c1ccc(-c2noc(CN(CC3CC3)C3CC3)n2)cc1. The molecule has 0 bridgehead atoms. The van der Waals surface area contributed by atoms with Crippen molar-refractivity contribution >= 4 is 0 Å². The summed E-state index contributed by atoms with van der Waals surface area (Å²) in [5.74, 6) is 2.90. The van der Waals surface area contributed by atoms with Crippen molar-refractivity contribution in [2.45, 2.75) is 58.0 Å². The first-order valence-electron chi connectivity index (χ1n) is 8.86. The molecule has 0 saturated heterocycles. The van der Waals surface area contributed by atoms with Gasteiger partial charge in [-0.2, -0.15) is 4.98 Å². The Labute approximate surface area is 137 Å². The van der Waals surface area contributed by atoms with E-state index in [1.54, 1.807) is 0 Å². The molecule has 4 heteroatoms. The molecule has 1 heterocycles. The van der Waals surface area contributed by atoms with Gasteiger partial charge in [-0.25, -0.2) is 0 Å². The smallest absolute Gasteiger partial charge is 0.241 e. The number of benzene rings is 1. The average Bonchev–Trinajstić information content (AvgIpc) is 3.46. The van der Waals surface area contributed by atoms with Crippen molar-refractivity contribution in [1.82, 2.24) is 15.0 Å². The average molecular weight is 311 g/mol. The molecule has 2 aliphatic carbocycles. The molecule has 0 spiro atoms. The third-order valence-electron chi connectivity index (χ3n) is 4.89. The highest BCUT2D eigenvalue weighted by Crippen LogP contribution is 2.35. The summed E-state index contributed by atoms with van der Waals surface area (Å²) in [6.45, 7) is 6.41. The Kier molecular flexibility index (Phi) is 3.93. The molecule has 2 aliphatic rings. The summed E-state index contributed by atoms with van der Waals surface area (Å²) >= 11 is 0. The lowest BCUT2D eigenvalue weighted by Crippen LogP contribution is -2.27. The van der Waals surface area contributed by atoms with Crippen molar-refractivity contribution in [2.75, 3.05) is 6.54 Å². The first kappa shape index (κ1) is 14.9. The standard InChI is InChI=1S/C19H25N3O/c1-13(2)15-5-7-16(8-6-15)19-20-18(23-21-19)12-22(17-9-10-17)11-14-3-4-14/h5-8,13-14,17H,3-4,9-12H2,1-2H3. The van der Waals surface area contributed by atoms with E-state index in [4.69, 9.17) is 4.52 Å². The monoisotopic (exact) mass is 311 g/mol. The zero-order valence-electron chi connectivity index (χ0n) is 14.0. The Balaban J connectivity index is 1.45. The van der Waals surface area contributed by atoms with Gasteiger partial charge in [0.1, 0.15) is 0 Å². The fraction of sp³-hybridized carbons (Fsp3) is 0.579. The van der Waals surface area contributed by atoms with Crippen molar-refractivity contribution in [1.29, 1.82) is 0 Å². The summed E-state index contributed by atoms with van der Waals surface area (Å²) in [6, 6.07) is 9.23. The largest absolute Gasteiger partial charge is 0.338 e. The molecule has 0 N–H and O–H groups in total. The van der Waals surface area contributed by atoms with Gasteiger partial charge in [0.05, 0.1) is 6.54 Å². The molecule has 4 nitrogen and oxygen atoms in total. The quantitative estimate of drug-likeness (QED) is 0.767. The molecule has 1 aromatic carbocycles. The van der Waals surface area contributed by atoms with Crippen LogP contribution in [0.4, 0.5) is 0 Å². The third kappa shape index (κ3) is 3.63. The molecule has 4 rings (SSSR count). The van der Waals surface area contributed by atoms with Crippen LogP contribution < -0.4 is 0 Å². The summed E-state index contributed by atoms with van der Waals surface area (Å²) in [4.78, 5) is 7.15. The van der Waals surface area contributed by atoms with Crippen molar-refractivity contribution in [3.05, 3.63) is 35.7 Å². The molecular weight excluding hydrogens is 286 g/mol. The van der Waals surface area contributed by atoms with Crippen molar-refractivity contribution in [3.63, 3.8) is 0 Å². The van der Waals surface area contributed by atoms with Gasteiger partial charge in [-0.05, 0) is 43.1 Å². The van der Waals surface area contributed by atoms with Crippen LogP contribution in [0.1, 0.15) is 56.9 Å². The van der Waals surface area contributed by atoms with E-state index in [1.165, 1.54) is 37.8 Å². The van der Waals surface area contributed by atoms with Gasteiger partial charge < -0.3 is 4.52 Å². The molecule has 23 heavy (non-hydrogen) atoms. The minimum absolute atomic E-state index is 0.541. The molecule has 0 amide bonds. The van der Waals surface area contributed by atoms with Crippen molar-refractivity contribution in [3.8, 4) is 11.4 Å². The van der Waals surface area contributed by atoms with Crippen molar-refractivity contribution < 1.29 is 4.52 Å². The van der Waals surface area contributed by atoms with Gasteiger partial charge in [-0.15, -0.1) is 0 Å². The number of aromatic nitrogens is 2. The lowest BCUT2D eigenvalue weighted by Gasteiger charge is -2.19. The second-order valence-electron chi connectivity index (χ2n) is 7.39. The van der Waals surface area contributed by atoms with Gasteiger partial charge in [-0.3, -0.25) is 4.90 Å². The lowest BCUT2D eigenvalue weighted by molar-refractivity contribution is 0.209. The predicted octanol–water partition coefficient (Wildman–Crippen LogP) is 4.23. The first-order valence-corrected chi connectivity index (χ1v) is 8.86. The summed E-state index contributed by atoms with van der Waals surface area (Å²) in [6.07, 6.45) is 5.43. The minimum atomic E-state index is 0.541. The Morgan fingerprint density at radius 3 is 2.48 bits per heavy atom. The second kappa shape index (κ2) is 6.08. The van der Waals surface area contributed by atoms with E-state index in [9.17, 15) is 0 Å². The van der Waals surface area contributed by atoms with E-state index in [0.29, 0.717) is 11.7 Å². The normalized spacial score (nSPS) is 18.1. The number of rotatable bonds is 7. The van der Waals surface area contributed by atoms with E-state index in [-0.39, 0.29) is 0 Å². The van der Waals surface area contributed by atoms with Crippen LogP contribution >= 0.6 is 0 Å². The van der Waals surface area contributed by atoms with Gasteiger partial charge in [0.25, 0.3) is 0 Å². The van der Waals surface area contributed by atoms with Crippen LogP contribution in [0.3, 0.4) is 0 Å². The van der Waals surface area contributed by atoms with Gasteiger partial charge >= 0.3 is 0 Å². The van der Waals surface area contributed by atoms with E-state index >= 15 is 0 Å². The van der Waals surface area contributed by atoms with Crippen LogP contribution in [0, 0.1) is 5.92 Å². The highest BCUT2D eigenvalue weighted by Gasteiger charge is 2.34. The molecule has 1 aromatic heterocycles. The van der Waals surface area contributed by atoms with Crippen LogP contribution in [0.2, 0.25) is 0 Å². The van der Waals surface area contributed by atoms with E-state index in [2.05, 4.69) is 53.2 Å². The molecule has 0 aliphatic heterocycles. The molecule has 2 fully saturated rings. The number of nitrogens with zero attached hydrogens (tertiary/aromatic N) is 3. The molecule has 122 valence electrons. The van der Waals surface area contributed by atoms with Crippen LogP contribution in [0.15, 0.2) is 28.8 Å². The highest BCUT2D eigenvalue weighted by atomic mass is 16.5. The number of hydrogen-bond donors (Lipinski definition) is 0. The summed E-state index contributed by atoms with van der Waals surface area (Å²) in [7, 11) is 0. The van der Waals surface area contributed by atoms with Crippen molar-refractivity contribution in [2.24, 2.45) is 5.92 Å². The van der Waals surface area contributed by atoms with Crippen LogP contribution in [-0.2, 0) is 6.54 Å². The molecule has 0 atom stereocenters. The molecule has 0 unspecified atom stereocenters. The summed E-state index contributed by atoms with van der Waals surface area (Å²) < 4.78 is 5.50. The van der Waals surface area contributed by atoms with Crippen LogP contribution in [0.25, 0.3) is 11.4 Å². The first-order chi connectivity index (χ1) is 11.2. The van der Waals surface area contributed by atoms with Crippen LogP contribution in [0.5, 0.6) is 0 Å². The molecular formula is C19H25N3O. The molecule has 2 aromatic rings. The van der Waals surface area contributed by atoms with Gasteiger partial charge in [0, 0.05) is 18.2 Å². The van der Waals surface area contributed by atoms with Gasteiger partial charge in [0.15, 0.2) is 0 Å². The maximum Gasteiger partial charge on any atom is 0.241 e. The van der Waals surface area contributed by atoms with E-state index in [1.807, 2.05) is 0 Å². The zero-order chi connectivity index (χ0) is 15.8. The zero-order valence-corrected chi connectivity index (χ0v) is 14.0. The molecule has 0 radical (unpaired) electrons. The highest BCUT2D eigenvalue weighted by molar-refractivity contribution is 5.54. The minimum Gasteiger partial charge on any atom is -0.338 e. The van der Waals surface area contributed by atoms with E-state index < -0.39 is 0 Å².